The van der Waals surface area contributed by atoms with Gasteiger partial charge >= 0.3 is 0 Å². The van der Waals surface area contributed by atoms with Crippen LogP contribution in [0.5, 0.6) is 0 Å². The highest BCUT2D eigenvalue weighted by Gasteiger charge is 2.41. The van der Waals surface area contributed by atoms with Crippen molar-refractivity contribution in [3.8, 4) is 0 Å². The van der Waals surface area contributed by atoms with Crippen LogP contribution in [0.15, 0.2) is 0 Å². The molecule has 1 heterocycles. The molecule has 66 valence electrons. The summed E-state index contributed by atoms with van der Waals surface area (Å²) in [5.74, 6) is 0. The Balaban J connectivity index is 2.67. The molecular formula is C8H16FNO. The first-order chi connectivity index (χ1) is 5.14. The van der Waals surface area contributed by atoms with Crippen LogP contribution < -0.4 is 0 Å². The van der Waals surface area contributed by atoms with Crippen LogP contribution in [0, 0.1) is 0 Å². The molecule has 0 radical (unpaired) electrons. The van der Waals surface area contributed by atoms with E-state index in [0.717, 1.165) is 6.42 Å². The minimum Gasteiger partial charge on any atom is -0.394 e. The molecule has 0 aliphatic carbocycles. The molecular weight excluding hydrogens is 145 g/mol. The van der Waals surface area contributed by atoms with Gasteiger partial charge in [0.1, 0.15) is 6.17 Å². The Morgan fingerprint density at radius 3 is 2.55 bits per heavy atom. The van der Waals surface area contributed by atoms with E-state index in [1.165, 1.54) is 0 Å². The summed E-state index contributed by atoms with van der Waals surface area (Å²) in [5, 5.41) is 9.10. The van der Waals surface area contributed by atoms with Crippen molar-refractivity contribution >= 4 is 0 Å². The Bertz CT molecular complexity index is 136. The predicted molar refractivity (Wildman–Crippen MR) is 42.3 cm³/mol. The molecule has 0 aromatic rings. The summed E-state index contributed by atoms with van der Waals surface area (Å²) in [4.78, 5) is 1.93. The lowest BCUT2D eigenvalue weighted by molar-refractivity contribution is 0.0801. The fourth-order valence-electron chi connectivity index (χ4n) is 1.83. The number of nitrogens with zero attached hydrogens (tertiary/aromatic N) is 1. The second kappa shape index (κ2) is 3.07. The van der Waals surface area contributed by atoms with E-state index in [1.807, 2.05) is 18.9 Å². The summed E-state index contributed by atoms with van der Waals surface area (Å²) in [5.41, 5.74) is -0.278. The molecule has 1 aliphatic heterocycles. The number of likely N-dealkylation sites (N-methyl/N-ethyl adjacent to an activating group) is 1. The second-order valence-electron chi connectivity index (χ2n) is 3.42. The third kappa shape index (κ3) is 1.40. The van der Waals surface area contributed by atoms with Crippen molar-refractivity contribution in [3.63, 3.8) is 0 Å². The van der Waals surface area contributed by atoms with Gasteiger partial charge in [-0.05, 0) is 13.5 Å². The quantitative estimate of drug-likeness (QED) is 0.647. The van der Waals surface area contributed by atoms with Gasteiger partial charge in [-0.2, -0.15) is 0 Å². The monoisotopic (exact) mass is 161 g/mol. The third-order valence-corrected chi connectivity index (χ3v) is 2.84. The molecule has 2 atom stereocenters. The van der Waals surface area contributed by atoms with Crippen LogP contribution in [0.3, 0.4) is 0 Å². The van der Waals surface area contributed by atoms with Gasteiger partial charge in [-0.3, -0.25) is 4.90 Å². The number of aliphatic hydroxyl groups excluding tert-OH is 1. The van der Waals surface area contributed by atoms with E-state index in [-0.39, 0.29) is 12.1 Å². The van der Waals surface area contributed by atoms with Gasteiger partial charge in [-0.1, -0.05) is 6.92 Å². The van der Waals surface area contributed by atoms with Crippen LogP contribution >= 0.6 is 0 Å². The minimum atomic E-state index is -0.757. The van der Waals surface area contributed by atoms with Crippen LogP contribution in [0.4, 0.5) is 4.39 Å². The highest BCUT2D eigenvalue weighted by atomic mass is 19.1. The summed E-state index contributed by atoms with van der Waals surface area (Å²) >= 11 is 0. The van der Waals surface area contributed by atoms with Gasteiger partial charge in [0.15, 0.2) is 0 Å². The number of aliphatic hydroxyl groups is 1. The van der Waals surface area contributed by atoms with Crippen molar-refractivity contribution in [1.29, 1.82) is 0 Å². The highest BCUT2D eigenvalue weighted by Crippen LogP contribution is 2.31. The predicted octanol–water partition coefficient (Wildman–Crippen LogP) is 0.801. The maximum Gasteiger partial charge on any atom is 0.115 e. The molecule has 0 aromatic heterocycles. The average Bonchev–Trinajstić information content (AvgIpc) is 2.27. The summed E-state index contributed by atoms with van der Waals surface area (Å²) in [7, 11) is 1.87. The lowest BCUT2D eigenvalue weighted by Gasteiger charge is -2.32. The van der Waals surface area contributed by atoms with E-state index in [2.05, 4.69) is 0 Å². The smallest absolute Gasteiger partial charge is 0.115 e. The molecule has 1 rings (SSSR count). The Labute approximate surface area is 67.0 Å². The first kappa shape index (κ1) is 8.94. The van der Waals surface area contributed by atoms with Gasteiger partial charge in [-0.25, -0.2) is 4.39 Å². The Morgan fingerprint density at radius 2 is 2.36 bits per heavy atom. The van der Waals surface area contributed by atoms with Crippen molar-refractivity contribution in [1.82, 2.24) is 4.90 Å². The van der Waals surface area contributed by atoms with Crippen LogP contribution in [0.25, 0.3) is 0 Å². The lowest BCUT2D eigenvalue weighted by atomic mass is 9.94. The van der Waals surface area contributed by atoms with Crippen molar-refractivity contribution in [2.45, 2.75) is 31.5 Å². The maximum absolute atomic E-state index is 12.9. The summed E-state index contributed by atoms with van der Waals surface area (Å²) in [6, 6.07) is 0. The molecule has 0 aromatic carbocycles. The molecule has 11 heavy (non-hydrogen) atoms. The standard InChI is InChI=1S/C8H16FNO/c1-3-8(6-11)4-7(9)5-10(8)2/h7,11H,3-6H2,1-2H3/t7-,8+/m1/s1. The number of halogens is 1. The number of hydrogen-bond acceptors (Lipinski definition) is 2. The average molecular weight is 161 g/mol. The van der Waals surface area contributed by atoms with Crippen molar-refractivity contribution in [3.05, 3.63) is 0 Å². The summed E-state index contributed by atoms with van der Waals surface area (Å²) in [6.45, 7) is 2.53. The molecule has 0 spiro atoms. The molecule has 1 fully saturated rings. The first-order valence-corrected chi connectivity index (χ1v) is 4.11. The van der Waals surface area contributed by atoms with Gasteiger partial charge in [0.25, 0.3) is 0 Å². The second-order valence-corrected chi connectivity index (χ2v) is 3.42. The maximum atomic E-state index is 12.9. The molecule has 0 saturated carbocycles. The molecule has 1 aliphatic rings. The molecule has 1 saturated heterocycles. The fourth-order valence-corrected chi connectivity index (χ4v) is 1.83. The SMILES string of the molecule is CC[C@@]1(CO)C[C@@H](F)CN1C. The zero-order chi connectivity index (χ0) is 8.48. The van der Waals surface area contributed by atoms with Crippen molar-refractivity contribution < 1.29 is 9.50 Å². The number of rotatable bonds is 2. The zero-order valence-corrected chi connectivity index (χ0v) is 7.18. The van der Waals surface area contributed by atoms with Crippen LogP contribution in [0.1, 0.15) is 19.8 Å². The number of likely N-dealkylation sites (tertiary alicyclic amines) is 1. The third-order valence-electron chi connectivity index (χ3n) is 2.84. The van der Waals surface area contributed by atoms with E-state index in [1.54, 1.807) is 0 Å². The van der Waals surface area contributed by atoms with Crippen molar-refractivity contribution in [2.24, 2.45) is 0 Å². The Hall–Kier alpha value is -0.150. The fraction of sp³-hybridized carbons (Fsp3) is 1.00. The highest BCUT2D eigenvalue weighted by molar-refractivity contribution is 4.96. The van der Waals surface area contributed by atoms with E-state index in [0.29, 0.717) is 13.0 Å². The number of alkyl halides is 1. The summed E-state index contributed by atoms with van der Waals surface area (Å²) in [6.07, 6.45) is 0.545. The summed E-state index contributed by atoms with van der Waals surface area (Å²) < 4.78 is 12.9. The largest absolute Gasteiger partial charge is 0.394 e. The Kier molecular flexibility index (Phi) is 2.50. The number of hydrogen-bond donors (Lipinski definition) is 1. The van der Waals surface area contributed by atoms with E-state index in [9.17, 15) is 4.39 Å². The van der Waals surface area contributed by atoms with Gasteiger partial charge in [-0.15, -0.1) is 0 Å². The molecule has 2 nitrogen and oxygen atoms in total. The molecule has 0 unspecified atom stereocenters. The van der Waals surface area contributed by atoms with Crippen LogP contribution in [0.2, 0.25) is 0 Å². The van der Waals surface area contributed by atoms with Crippen LogP contribution in [-0.2, 0) is 0 Å². The van der Waals surface area contributed by atoms with E-state index in [4.69, 9.17) is 5.11 Å². The van der Waals surface area contributed by atoms with Crippen LogP contribution in [-0.4, -0.2) is 41.9 Å². The normalized spacial score (nSPS) is 39.8. The Morgan fingerprint density at radius 1 is 1.73 bits per heavy atom. The van der Waals surface area contributed by atoms with Gasteiger partial charge in [0, 0.05) is 18.5 Å². The van der Waals surface area contributed by atoms with E-state index >= 15 is 0 Å². The van der Waals surface area contributed by atoms with E-state index < -0.39 is 6.17 Å². The first-order valence-electron chi connectivity index (χ1n) is 4.11. The zero-order valence-electron chi connectivity index (χ0n) is 7.18. The minimum absolute atomic E-state index is 0.0699. The lowest BCUT2D eigenvalue weighted by Crippen LogP contribution is -2.43. The topological polar surface area (TPSA) is 23.5 Å². The van der Waals surface area contributed by atoms with Gasteiger partial charge in [0.05, 0.1) is 6.61 Å². The van der Waals surface area contributed by atoms with Gasteiger partial charge in [0.2, 0.25) is 0 Å². The molecule has 0 amide bonds. The molecule has 0 bridgehead atoms. The molecule has 3 heteroatoms. The van der Waals surface area contributed by atoms with Gasteiger partial charge < -0.3 is 5.11 Å². The molecule has 1 N–H and O–H groups in total. The van der Waals surface area contributed by atoms with Crippen molar-refractivity contribution in [2.75, 3.05) is 20.2 Å².